The molecule has 0 fully saturated rings. The molecule has 0 spiro atoms. The van der Waals surface area contributed by atoms with Crippen LogP contribution in [0.15, 0.2) is 23.0 Å². The highest BCUT2D eigenvalue weighted by molar-refractivity contribution is 5.88. The second-order valence-electron chi connectivity index (χ2n) is 6.28. The number of rotatable bonds is 10. The fourth-order valence-corrected chi connectivity index (χ4v) is 2.92. The van der Waals surface area contributed by atoms with Crippen molar-refractivity contribution in [2.24, 2.45) is 0 Å². The predicted molar refractivity (Wildman–Crippen MR) is 101 cm³/mol. The number of aromatic nitrogens is 1. The Bertz CT molecular complexity index is 751. The molecule has 0 bridgehead atoms. The van der Waals surface area contributed by atoms with E-state index in [0.717, 1.165) is 31.4 Å². The van der Waals surface area contributed by atoms with Gasteiger partial charge in [0.25, 0.3) is 5.56 Å². The molecule has 0 amide bonds. The fraction of sp³-hybridized carbons (Fsp3) is 0.550. The highest BCUT2D eigenvalue weighted by atomic mass is 16.5. The van der Waals surface area contributed by atoms with Crippen LogP contribution in [-0.2, 0) is 6.54 Å². The normalized spacial score (nSPS) is 11.0. The van der Waals surface area contributed by atoms with Gasteiger partial charge >= 0.3 is 0 Å². The Hall–Kier alpha value is -2.17. The number of aryl methyl sites for hydroxylation is 1. The van der Waals surface area contributed by atoms with Gasteiger partial charge in [0.05, 0.1) is 19.2 Å². The molecule has 5 nitrogen and oxygen atoms in total. The van der Waals surface area contributed by atoms with Crippen molar-refractivity contribution >= 4 is 10.9 Å². The molecule has 138 valence electrons. The lowest BCUT2D eigenvalue weighted by Gasteiger charge is -2.15. The average molecular weight is 347 g/mol. The molecule has 0 saturated carbocycles. The quantitative estimate of drug-likeness (QED) is 0.644. The van der Waals surface area contributed by atoms with E-state index in [1.165, 1.54) is 20.0 Å². The van der Waals surface area contributed by atoms with Crippen LogP contribution in [0.1, 0.15) is 52.4 Å². The zero-order valence-corrected chi connectivity index (χ0v) is 15.5. The van der Waals surface area contributed by atoms with Gasteiger partial charge < -0.3 is 19.1 Å². The van der Waals surface area contributed by atoms with Gasteiger partial charge in [-0.25, -0.2) is 0 Å². The van der Waals surface area contributed by atoms with Crippen LogP contribution >= 0.6 is 0 Å². The summed E-state index contributed by atoms with van der Waals surface area (Å²) >= 11 is 0. The molecule has 5 heteroatoms. The summed E-state index contributed by atoms with van der Waals surface area (Å²) in [5.74, 6) is 0.611. The summed E-state index contributed by atoms with van der Waals surface area (Å²) in [6.45, 7) is 5.51. The third-order valence-electron chi connectivity index (χ3n) is 4.38. The number of ether oxygens (including phenoxy) is 2. The summed E-state index contributed by atoms with van der Waals surface area (Å²) in [4.78, 5) is 12.6. The van der Waals surface area contributed by atoms with Gasteiger partial charge in [-0.05, 0) is 25.0 Å². The number of nitrogens with zero attached hydrogens (tertiary/aromatic N) is 1. The zero-order chi connectivity index (χ0) is 18.2. The van der Waals surface area contributed by atoms with Gasteiger partial charge in [-0.2, -0.15) is 0 Å². The summed E-state index contributed by atoms with van der Waals surface area (Å²) in [5, 5.41) is 11.0. The van der Waals surface area contributed by atoms with Gasteiger partial charge in [-0.15, -0.1) is 0 Å². The van der Waals surface area contributed by atoms with Crippen molar-refractivity contribution in [1.82, 2.24) is 4.57 Å². The first-order valence-electron chi connectivity index (χ1n) is 9.20. The Morgan fingerprint density at radius 1 is 1.08 bits per heavy atom. The molecule has 1 aromatic heterocycles. The summed E-state index contributed by atoms with van der Waals surface area (Å²) < 4.78 is 12.6. The van der Waals surface area contributed by atoms with Crippen LogP contribution in [0.4, 0.5) is 0 Å². The third-order valence-corrected chi connectivity index (χ3v) is 4.38. The van der Waals surface area contributed by atoms with Crippen LogP contribution in [0.25, 0.3) is 10.9 Å². The number of hydrogen-bond donors (Lipinski definition) is 1. The second kappa shape index (κ2) is 9.35. The molecule has 2 rings (SSSR count). The molecule has 1 aromatic carbocycles. The van der Waals surface area contributed by atoms with Gasteiger partial charge in [-0.3, -0.25) is 4.79 Å². The Kier molecular flexibility index (Phi) is 7.16. The van der Waals surface area contributed by atoms with E-state index in [1.807, 2.05) is 12.1 Å². The molecule has 0 aliphatic rings. The molecule has 0 atom stereocenters. The maximum Gasteiger partial charge on any atom is 0.297 e. The van der Waals surface area contributed by atoms with Crippen molar-refractivity contribution in [1.29, 1.82) is 0 Å². The lowest BCUT2D eigenvalue weighted by atomic mass is 10.1. The summed E-state index contributed by atoms with van der Waals surface area (Å²) in [6, 6.07) is 5.46. The van der Waals surface area contributed by atoms with Crippen molar-refractivity contribution < 1.29 is 14.6 Å². The Morgan fingerprint density at radius 3 is 2.52 bits per heavy atom. The Morgan fingerprint density at radius 2 is 1.84 bits per heavy atom. The summed E-state index contributed by atoms with van der Waals surface area (Å²) in [6.07, 6.45) is 6.44. The van der Waals surface area contributed by atoms with E-state index in [2.05, 4.69) is 13.8 Å². The average Bonchev–Trinajstić information content (AvgIpc) is 2.62. The molecule has 1 heterocycles. The van der Waals surface area contributed by atoms with Gasteiger partial charge in [0.1, 0.15) is 5.75 Å². The summed E-state index contributed by atoms with van der Waals surface area (Å²) in [7, 11) is 1.40. The molecule has 0 aliphatic carbocycles. The van der Waals surface area contributed by atoms with E-state index in [0.29, 0.717) is 24.1 Å². The van der Waals surface area contributed by atoms with Crippen molar-refractivity contribution in [3.63, 3.8) is 0 Å². The van der Waals surface area contributed by atoms with Gasteiger partial charge in [0, 0.05) is 18.0 Å². The number of unbranched alkanes of at least 4 members (excludes halogenated alkanes) is 4. The fourth-order valence-electron chi connectivity index (χ4n) is 2.92. The van der Waals surface area contributed by atoms with E-state index < -0.39 is 0 Å². The Labute approximate surface area is 149 Å². The van der Waals surface area contributed by atoms with E-state index >= 15 is 0 Å². The van der Waals surface area contributed by atoms with Crippen molar-refractivity contribution in [2.75, 3.05) is 13.7 Å². The van der Waals surface area contributed by atoms with Crippen LogP contribution < -0.4 is 15.0 Å². The number of fused-ring (bicyclic) bond motifs is 1. The lowest BCUT2D eigenvalue weighted by Crippen LogP contribution is -2.22. The van der Waals surface area contributed by atoms with Crippen LogP contribution in [0.2, 0.25) is 0 Å². The highest BCUT2D eigenvalue weighted by Gasteiger charge is 2.17. The number of aromatic hydroxyl groups is 1. The third kappa shape index (κ3) is 4.47. The van der Waals surface area contributed by atoms with E-state index in [9.17, 15) is 9.90 Å². The number of pyridine rings is 1. The molecular formula is C20H29NO4. The highest BCUT2D eigenvalue weighted by Crippen LogP contribution is 2.33. The molecule has 0 saturated heterocycles. The monoisotopic (exact) mass is 347 g/mol. The minimum absolute atomic E-state index is 0.00293. The first kappa shape index (κ1) is 19.2. The standard InChI is InChI=1S/C20H29NO4/c1-4-6-8-9-13-25-15-10-11-16-17(14-15)21(12-7-5-2)20(23)19(24-3)18(16)22/h10-11,14,22H,4-9,12-13H2,1-3H3. The molecule has 2 aromatic rings. The molecule has 25 heavy (non-hydrogen) atoms. The molecule has 0 radical (unpaired) electrons. The van der Waals surface area contributed by atoms with Crippen LogP contribution in [0.3, 0.4) is 0 Å². The van der Waals surface area contributed by atoms with Crippen LogP contribution in [-0.4, -0.2) is 23.4 Å². The van der Waals surface area contributed by atoms with Crippen molar-refractivity contribution in [3.05, 3.63) is 28.6 Å². The minimum Gasteiger partial charge on any atom is -0.504 e. The van der Waals surface area contributed by atoms with E-state index in [4.69, 9.17) is 9.47 Å². The Balaban J connectivity index is 2.36. The van der Waals surface area contributed by atoms with E-state index in [1.54, 1.807) is 10.6 Å². The first-order valence-corrected chi connectivity index (χ1v) is 9.20. The van der Waals surface area contributed by atoms with Crippen molar-refractivity contribution in [3.8, 4) is 17.2 Å². The van der Waals surface area contributed by atoms with Gasteiger partial charge in [-0.1, -0.05) is 39.5 Å². The number of methoxy groups -OCH3 is 1. The second-order valence-corrected chi connectivity index (χ2v) is 6.28. The predicted octanol–water partition coefficient (Wildman–Crippen LogP) is 4.47. The molecular weight excluding hydrogens is 318 g/mol. The lowest BCUT2D eigenvalue weighted by molar-refractivity contribution is 0.305. The van der Waals surface area contributed by atoms with Crippen LogP contribution in [0, 0.1) is 0 Å². The molecule has 0 aliphatic heterocycles. The van der Waals surface area contributed by atoms with E-state index in [-0.39, 0.29) is 17.1 Å². The first-order chi connectivity index (χ1) is 12.1. The maximum absolute atomic E-state index is 12.6. The zero-order valence-electron chi connectivity index (χ0n) is 15.5. The SMILES string of the molecule is CCCCCCOc1ccc2c(O)c(OC)c(=O)n(CCCC)c2c1. The van der Waals surface area contributed by atoms with Gasteiger partial charge in [0.2, 0.25) is 5.75 Å². The van der Waals surface area contributed by atoms with Gasteiger partial charge in [0.15, 0.2) is 5.75 Å². The maximum atomic E-state index is 12.6. The minimum atomic E-state index is -0.305. The topological polar surface area (TPSA) is 60.7 Å². The molecule has 0 unspecified atom stereocenters. The summed E-state index contributed by atoms with van der Waals surface area (Å²) in [5.41, 5.74) is 0.379. The number of hydrogen-bond acceptors (Lipinski definition) is 4. The smallest absolute Gasteiger partial charge is 0.297 e. The largest absolute Gasteiger partial charge is 0.504 e. The number of benzene rings is 1. The van der Waals surface area contributed by atoms with Crippen molar-refractivity contribution in [2.45, 2.75) is 58.9 Å². The van der Waals surface area contributed by atoms with Crippen LogP contribution in [0.5, 0.6) is 17.2 Å². The molecule has 1 N–H and O–H groups in total.